The zero-order valence-corrected chi connectivity index (χ0v) is 16.5. The number of amides is 1. The second-order valence-corrected chi connectivity index (χ2v) is 9.33. The first kappa shape index (κ1) is 17.2. The van der Waals surface area contributed by atoms with Crippen molar-refractivity contribution in [3.05, 3.63) is 40.5 Å². The molecule has 0 aromatic carbocycles. The molecule has 1 aliphatic carbocycles. The zero-order valence-electron chi connectivity index (χ0n) is 14.9. The summed E-state index contributed by atoms with van der Waals surface area (Å²) in [4.78, 5) is 17.0. The maximum atomic E-state index is 13.5. The van der Waals surface area contributed by atoms with Crippen molar-refractivity contribution in [2.75, 3.05) is 12.8 Å². The Bertz CT molecular complexity index is 727. The molecule has 3 nitrogen and oxygen atoms in total. The van der Waals surface area contributed by atoms with Crippen LogP contribution in [-0.2, 0) is 12.2 Å². The van der Waals surface area contributed by atoms with Crippen LogP contribution in [0.5, 0.6) is 0 Å². The Hall–Kier alpha value is -1.20. The molecule has 0 bridgehead atoms. The first-order valence-corrected chi connectivity index (χ1v) is 11.4. The van der Waals surface area contributed by atoms with Gasteiger partial charge in [-0.05, 0) is 42.7 Å². The van der Waals surface area contributed by atoms with Gasteiger partial charge in [0.25, 0.3) is 5.91 Å². The minimum Gasteiger partial charge on any atom is -0.339 e. The fourth-order valence-electron chi connectivity index (χ4n) is 4.08. The number of hydrogen-bond donors (Lipinski definition) is 0. The van der Waals surface area contributed by atoms with Crippen molar-refractivity contribution in [3.63, 3.8) is 0 Å². The van der Waals surface area contributed by atoms with Crippen LogP contribution in [0.15, 0.2) is 24.5 Å². The van der Waals surface area contributed by atoms with E-state index in [-0.39, 0.29) is 5.91 Å². The van der Waals surface area contributed by atoms with Crippen LogP contribution in [0.2, 0.25) is 0 Å². The number of carbonyl (C=O) groups excluding carboxylic acids is 1. The van der Waals surface area contributed by atoms with Gasteiger partial charge in [-0.1, -0.05) is 25.7 Å². The van der Waals surface area contributed by atoms with E-state index in [1.54, 1.807) is 0 Å². The molecule has 2 aliphatic rings. The predicted molar refractivity (Wildman–Crippen MR) is 107 cm³/mol. The average molecular weight is 375 g/mol. The molecule has 2 aromatic heterocycles. The standard InChI is InChI=1S/C20H26N2OS2/c1-21(15-8-4-2-3-5-9-15)19(23)18-16-10-13-24-14-17(16)25-20(18)22-11-6-7-12-22/h6-7,11-12,15H,2-5,8-10,13-14H2,1H3. The van der Waals surface area contributed by atoms with Crippen molar-refractivity contribution in [1.29, 1.82) is 0 Å². The lowest BCUT2D eigenvalue weighted by molar-refractivity contribution is 0.0717. The Kier molecular flexibility index (Phi) is 5.23. The molecule has 5 heteroatoms. The summed E-state index contributed by atoms with van der Waals surface area (Å²) in [6.45, 7) is 0. The molecular formula is C20H26N2OS2. The molecule has 0 spiro atoms. The van der Waals surface area contributed by atoms with E-state index in [2.05, 4.69) is 21.9 Å². The van der Waals surface area contributed by atoms with Gasteiger partial charge >= 0.3 is 0 Å². The van der Waals surface area contributed by atoms with E-state index in [9.17, 15) is 4.79 Å². The number of thioether (sulfide) groups is 1. The molecule has 1 amide bonds. The Balaban J connectivity index is 1.70. The molecule has 0 N–H and O–H groups in total. The van der Waals surface area contributed by atoms with Gasteiger partial charge in [0.05, 0.1) is 5.56 Å². The first-order chi connectivity index (χ1) is 12.3. The van der Waals surface area contributed by atoms with E-state index >= 15 is 0 Å². The van der Waals surface area contributed by atoms with Crippen LogP contribution in [-0.4, -0.2) is 34.2 Å². The van der Waals surface area contributed by atoms with E-state index in [0.29, 0.717) is 6.04 Å². The third-order valence-corrected chi connectivity index (χ3v) is 7.96. The molecule has 1 aliphatic heterocycles. The summed E-state index contributed by atoms with van der Waals surface area (Å²) in [6, 6.07) is 4.48. The third-order valence-electron chi connectivity index (χ3n) is 5.55. The van der Waals surface area contributed by atoms with Gasteiger partial charge in [-0.25, -0.2) is 0 Å². The number of hydrogen-bond acceptors (Lipinski definition) is 3. The lowest BCUT2D eigenvalue weighted by Gasteiger charge is -2.28. The van der Waals surface area contributed by atoms with Gasteiger partial charge in [0.2, 0.25) is 0 Å². The minimum atomic E-state index is 0.236. The van der Waals surface area contributed by atoms with Crippen LogP contribution in [0.1, 0.15) is 59.3 Å². The molecule has 4 rings (SSSR count). The van der Waals surface area contributed by atoms with Gasteiger partial charge < -0.3 is 9.47 Å². The lowest BCUT2D eigenvalue weighted by atomic mass is 10.0. The van der Waals surface area contributed by atoms with E-state index < -0.39 is 0 Å². The highest BCUT2D eigenvalue weighted by atomic mass is 32.2. The van der Waals surface area contributed by atoms with Gasteiger partial charge in [-0.2, -0.15) is 11.8 Å². The summed E-state index contributed by atoms with van der Waals surface area (Å²) >= 11 is 3.79. The van der Waals surface area contributed by atoms with E-state index in [0.717, 1.165) is 41.3 Å². The van der Waals surface area contributed by atoms with Crippen molar-refractivity contribution < 1.29 is 4.79 Å². The summed E-state index contributed by atoms with van der Waals surface area (Å²) in [5.74, 6) is 2.41. The SMILES string of the molecule is CN(C(=O)c1c(-n2cccc2)sc2c1CCSC2)C1CCCCCC1. The highest BCUT2D eigenvalue weighted by Crippen LogP contribution is 2.39. The van der Waals surface area contributed by atoms with Gasteiger partial charge in [-0.15, -0.1) is 11.3 Å². The third kappa shape index (κ3) is 3.41. The zero-order chi connectivity index (χ0) is 17.2. The summed E-state index contributed by atoms with van der Waals surface area (Å²) in [6.07, 6.45) is 12.6. The molecule has 0 saturated heterocycles. The van der Waals surface area contributed by atoms with Crippen molar-refractivity contribution >= 4 is 29.0 Å². The highest BCUT2D eigenvalue weighted by molar-refractivity contribution is 7.98. The normalized spacial score (nSPS) is 18.6. The number of thiophene rings is 1. The van der Waals surface area contributed by atoms with Gasteiger partial charge in [0.1, 0.15) is 5.00 Å². The summed E-state index contributed by atoms with van der Waals surface area (Å²) in [5.41, 5.74) is 2.29. The molecule has 2 aromatic rings. The van der Waals surface area contributed by atoms with Gasteiger partial charge in [0.15, 0.2) is 0 Å². The fraction of sp³-hybridized carbons (Fsp3) is 0.550. The molecule has 0 atom stereocenters. The largest absolute Gasteiger partial charge is 0.339 e. The molecule has 25 heavy (non-hydrogen) atoms. The molecule has 1 fully saturated rings. The number of nitrogens with zero attached hydrogens (tertiary/aromatic N) is 2. The molecule has 3 heterocycles. The van der Waals surface area contributed by atoms with Gasteiger partial charge in [0, 0.05) is 36.1 Å². The smallest absolute Gasteiger partial charge is 0.257 e. The molecular weight excluding hydrogens is 348 g/mol. The monoisotopic (exact) mass is 374 g/mol. The van der Waals surface area contributed by atoms with E-state index in [4.69, 9.17) is 0 Å². The van der Waals surface area contributed by atoms with Crippen LogP contribution in [0.4, 0.5) is 0 Å². The first-order valence-electron chi connectivity index (χ1n) is 9.38. The Morgan fingerprint density at radius 1 is 1.16 bits per heavy atom. The number of aromatic nitrogens is 1. The second kappa shape index (κ2) is 7.58. The number of carbonyl (C=O) groups is 1. The predicted octanol–water partition coefficient (Wildman–Crippen LogP) is 5.12. The Labute approximate surface area is 158 Å². The number of fused-ring (bicyclic) bond motifs is 1. The van der Waals surface area contributed by atoms with Crippen molar-refractivity contribution in [2.45, 2.75) is 56.7 Å². The quantitative estimate of drug-likeness (QED) is 0.697. The Morgan fingerprint density at radius 3 is 2.60 bits per heavy atom. The molecule has 0 unspecified atom stereocenters. The molecule has 1 saturated carbocycles. The van der Waals surface area contributed by atoms with Crippen LogP contribution in [0.25, 0.3) is 5.00 Å². The van der Waals surface area contributed by atoms with E-state index in [1.165, 1.54) is 36.1 Å². The van der Waals surface area contributed by atoms with Crippen LogP contribution in [0, 0.1) is 0 Å². The van der Waals surface area contributed by atoms with Crippen LogP contribution < -0.4 is 0 Å². The topological polar surface area (TPSA) is 25.2 Å². The minimum absolute atomic E-state index is 0.236. The molecule has 134 valence electrons. The van der Waals surface area contributed by atoms with Crippen molar-refractivity contribution in [2.24, 2.45) is 0 Å². The Morgan fingerprint density at radius 2 is 1.88 bits per heavy atom. The van der Waals surface area contributed by atoms with E-state index in [1.807, 2.05) is 42.3 Å². The fourth-order valence-corrected chi connectivity index (χ4v) is 6.52. The average Bonchev–Trinajstić information content (AvgIpc) is 3.21. The summed E-state index contributed by atoms with van der Waals surface area (Å²) in [5, 5.41) is 1.11. The molecule has 0 radical (unpaired) electrons. The second-order valence-electron chi connectivity index (χ2n) is 7.14. The summed E-state index contributed by atoms with van der Waals surface area (Å²) in [7, 11) is 2.03. The van der Waals surface area contributed by atoms with Gasteiger partial charge in [-0.3, -0.25) is 4.79 Å². The van der Waals surface area contributed by atoms with Crippen molar-refractivity contribution in [1.82, 2.24) is 9.47 Å². The summed E-state index contributed by atoms with van der Waals surface area (Å²) < 4.78 is 2.13. The van der Waals surface area contributed by atoms with Crippen LogP contribution in [0.3, 0.4) is 0 Å². The lowest BCUT2D eigenvalue weighted by Crippen LogP contribution is -2.37. The van der Waals surface area contributed by atoms with Crippen LogP contribution >= 0.6 is 23.1 Å². The maximum absolute atomic E-state index is 13.5. The number of rotatable bonds is 3. The highest BCUT2D eigenvalue weighted by Gasteiger charge is 2.30. The maximum Gasteiger partial charge on any atom is 0.257 e. The van der Waals surface area contributed by atoms with Crippen molar-refractivity contribution in [3.8, 4) is 5.00 Å².